The SMILES string of the molecule is C[C@]12CC[C@H](C(CN3CCCC3)OC(=O)O)C[C@H]1CC[C@H]1C3=CC[C@H](c4ccc(=O)oc4)[C@@]3(C)CC[C@@H]12. The summed E-state index contributed by atoms with van der Waals surface area (Å²) in [5.41, 5.74) is 3.03. The molecule has 6 nitrogen and oxygen atoms in total. The average molecular weight is 510 g/mol. The number of ether oxygens (including phenoxy) is 1. The van der Waals surface area contributed by atoms with E-state index in [-0.39, 0.29) is 17.1 Å². The third-order valence-corrected chi connectivity index (χ3v) is 11.6. The molecule has 1 aliphatic heterocycles. The van der Waals surface area contributed by atoms with Gasteiger partial charge in [-0.1, -0.05) is 25.5 Å². The first kappa shape index (κ1) is 25.2. The minimum absolute atomic E-state index is 0.150. The second kappa shape index (κ2) is 9.59. The van der Waals surface area contributed by atoms with E-state index in [0.717, 1.165) is 44.5 Å². The lowest BCUT2D eigenvalue weighted by atomic mass is 9.45. The van der Waals surface area contributed by atoms with Crippen LogP contribution in [-0.4, -0.2) is 41.9 Å². The molecule has 3 saturated carbocycles. The molecule has 1 N–H and O–H groups in total. The van der Waals surface area contributed by atoms with Crippen molar-refractivity contribution in [3.63, 3.8) is 0 Å². The summed E-state index contributed by atoms with van der Waals surface area (Å²) in [5.74, 6) is 2.73. The number of fused-ring (bicyclic) bond motifs is 5. The Morgan fingerprint density at radius 1 is 1.16 bits per heavy atom. The summed E-state index contributed by atoms with van der Waals surface area (Å²) in [7, 11) is 0. The van der Waals surface area contributed by atoms with Crippen LogP contribution in [0.2, 0.25) is 0 Å². The zero-order valence-corrected chi connectivity index (χ0v) is 22.5. The van der Waals surface area contributed by atoms with Gasteiger partial charge < -0.3 is 14.3 Å². The Kier molecular flexibility index (Phi) is 6.53. The Morgan fingerprint density at radius 3 is 2.70 bits per heavy atom. The molecule has 1 aromatic rings. The van der Waals surface area contributed by atoms with Crippen molar-refractivity contribution in [3.05, 3.63) is 46.0 Å². The van der Waals surface area contributed by atoms with E-state index in [9.17, 15) is 14.7 Å². The fraction of sp³-hybridized carbons (Fsp3) is 0.742. The number of allylic oxidation sites excluding steroid dienone is 2. The van der Waals surface area contributed by atoms with Gasteiger partial charge in [-0.25, -0.2) is 9.59 Å². The first-order valence-corrected chi connectivity index (χ1v) is 14.7. The topological polar surface area (TPSA) is 80.0 Å². The van der Waals surface area contributed by atoms with Gasteiger partial charge in [-0.2, -0.15) is 0 Å². The summed E-state index contributed by atoms with van der Waals surface area (Å²) in [6, 6.07) is 3.54. The van der Waals surface area contributed by atoms with Crippen molar-refractivity contribution in [3.8, 4) is 0 Å². The van der Waals surface area contributed by atoms with Crippen LogP contribution in [0.1, 0.15) is 89.5 Å². The number of rotatable bonds is 5. The van der Waals surface area contributed by atoms with E-state index < -0.39 is 6.16 Å². The molecule has 6 heteroatoms. The lowest BCUT2D eigenvalue weighted by Gasteiger charge is -2.60. The number of hydrogen-bond donors (Lipinski definition) is 1. The third kappa shape index (κ3) is 4.37. The monoisotopic (exact) mass is 509 g/mol. The molecular weight excluding hydrogens is 466 g/mol. The van der Waals surface area contributed by atoms with E-state index in [4.69, 9.17) is 9.15 Å². The summed E-state index contributed by atoms with van der Waals surface area (Å²) in [6.45, 7) is 7.91. The maximum absolute atomic E-state index is 11.6. The van der Waals surface area contributed by atoms with E-state index >= 15 is 0 Å². The summed E-state index contributed by atoms with van der Waals surface area (Å²) in [4.78, 5) is 25.5. The van der Waals surface area contributed by atoms with Gasteiger partial charge in [0.15, 0.2) is 0 Å². The molecule has 0 spiro atoms. The molecule has 8 atom stereocenters. The quantitative estimate of drug-likeness (QED) is 0.362. The van der Waals surface area contributed by atoms with Crippen LogP contribution in [0.25, 0.3) is 0 Å². The van der Waals surface area contributed by atoms with Gasteiger partial charge >= 0.3 is 11.8 Å². The zero-order valence-electron chi connectivity index (χ0n) is 22.5. The normalized spacial score (nSPS) is 40.3. The molecule has 4 fully saturated rings. The summed E-state index contributed by atoms with van der Waals surface area (Å²) < 4.78 is 10.8. The number of likely N-dealkylation sites (tertiary alicyclic amines) is 1. The minimum atomic E-state index is -1.12. The standard InChI is InChI=1S/C31H43NO5/c1-30-13-11-20(27(37-29(34)35)18-32-15-3-4-16-32)17-22(30)6-7-23-25-9-8-24(21-5-10-28(33)36-19-21)31(25,2)14-12-26(23)30/h5,9-10,19-20,22-24,26-27H,3-4,6-8,11-18H2,1-2H3,(H,34,35)/t20-,22+,23-,24+,26-,27?,30-,31+/m0/s1. The van der Waals surface area contributed by atoms with Gasteiger partial charge in [-0.05, 0) is 129 Å². The van der Waals surface area contributed by atoms with Gasteiger partial charge in [0.25, 0.3) is 0 Å². The molecular formula is C31H43NO5. The molecule has 1 saturated heterocycles. The summed E-state index contributed by atoms with van der Waals surface area (Å²) in [6.07, 6.45) is 14.7. The number of carbonyl (C=O) groups is 1. The highest BCUT2D eigenvalue weighted by Crippen LogP contribution is 2.67. The van der Waals surface area contributed by atoms with Crippen LogP contribution < -0.4 is 5.63 Å². The number of nitrogens with zero attached hydrogens (tertiary/aromatic N) is 1. The third-order valence-electron chi connectivity index (χ3n) is 11.6. The second-order valence-electron chi connectivity index (χ2n) is 13.2. The molecule has 5 aliphatic rings. The van der Waals surface area contributed by atoms with Gasteiger partial charge in [0.2, 0.25) is 0 Å². The maximum Gasteiger partial charge on any atom is 0.506 e. The van der Waals surface area contributed by atoms with E-state index in [1.54, 1.807) is 17.9 Å². The predicted octanol–water partition coefficient (Wildman–Crippen LogP) is 6.46. The smallest absolute Gasteiger partial charge is 0.450 e. The molecule has 1 unspecified atom stereocenters. The van der Waals surface area contributed by atoms with E-state index in [0.29, 0.717) is 35.0 Å². The molecule has 2 heterocycles. The highest BCUT2D eigenvalue weighted by molar-refractivity contribution is 5.57. The van der Waals surface area contributed by atoms with Crippen molar-refractivity contribution >= 4 is 6.16 Å². The van der Waals surface area contributed by atoms with Crippen LogP contribution >= 0.6 is 0 Å². The highest BCUT2D eigenvalue weighted by Gasteiger charge is 2.58. The largest absolute Gasteiger partial charge is 0.506 e. The van der Waals surface area contributed by atoms with Crippen LogP contribution in [-0.2, 0) is 4.74 Å². The van der Waals surface area contributed by atoms with Crippen molar-refractivity contribution in [2.45, 2.75) is 90.1 Å². The Labute approximate surface area is 220 Å². The van der Waals surface area contributed by atoms with E-state index in [1.165, 1.54) is 44.9 Å². The molecule has 202 valence electrons. The van der Waals surface area contributed by atoms with Crippen molar-refractivity contribution in [2.75, 3.05) is 19.6 Å². The van der Waals surface area contributed by atoms with Crippen molar-refractivity contribution in [1.29, 1.82) is 0 Å². The Hall–Kier alpha value is -2.08. The van der Waals surface area contributed by atoms with E-state index in [1.807, 2.05) is 6.07 Å². The Morgan fingerprint density at radius 2 is 1.97 bits per heavy atom. The maximum atomic E-state index is 11.6. The molecule has 0 bridgehead atoms. The molecule has 0 amide bonds. The van der Waals surface area contributed by atoms with Crippen molar-refractivity contribution in [1.82, 2.24) is 4.90 Å². The first-order chi connectivity index (χ1) is 17.8. The number of carboxylic acid groups (broad SMARTS) is 1. The van der Waals surface area contributed by atoms with Crippen LogP contribution in [0, 0.1) is 34.5 Å². The van der Waals surface area contributed by atoms with Gasteiger partial charge in [0.05, 0.1) is 6.26 Å². The van der Waals surface area contributed by atoms with Gasteiger partial charge in [-0.15, -0.1) is 0 Å². The highest BCUT2D eigenvalue weighted by atomic mass is 16.7. The van der Waals surface area contributed by atoms with Crippen molar-refractivity contribution < 1.29 is 19.1 Å². The molecule has 37 heavy (non-hydrogen) atoms. The molecule has 0 aromatic carbocycles. The van der Waals surface area contributed by atoms with Gasteiger partial charge in [0.1, 0.15) is 6.10 Å². The van der Waals surface area contributed by atoms with Gasteiger partial charge in [0, 0.05) is 12.6 Å². The van der Waals surface area contributed by atoms with Crippen LogP contribution in [0.15, 0.2) is 39.3 Å². The predicted molar refractivity (Wildman–Crippen MR) is 141 cm³/mol. The lowest BCUT2D eigenvalue weighted by Crippen LogP contribution is -2.52. The van der Waals surface area contributed by atoms with Crippen molar-refractivity contribution in [2.24, 2.45) is 34.5 Å². The second-order valence-corrected chi connectivity index (χ2v) is 13.2. The van der Waals surface area contributed by atoms with E-state index in [2.05, 4.69) is 24.8 Å². The van der Waals surface area contributed by atoms with Crippen LogP contribution in [0.3, 0.4) is 0 Å². The zero-order chi connectivity index (χ0) is 25.8. The lowest BCUT2D eigenvalue weighted by molar-refractivity contribution is -0.0885. The molecule has 0 radical (unpaired) electrons. The molecule has 1 aromatic heterocycles. The van der Waals surface area contributed by atoms with Crippen LogP contribution in [0.5, 0.6) is 0 Å². The fourth-order valence-electron chi connectivity index (χ4n) is 9.66. The fourth-order valence-corrected chi connectivity index (χ4v) is 9.66. The first-order valence-electron chi connectivity index (χ1n) is 14.7. The molecule has 4 aliphatic carbocycles. The summed E-state index contributed by atoms with van der Waals surface area (Å²) in [5, 5.41) is 9.49. The van der Waals surface area contributed by atoms with Crippen LogP contribution in [0.4, 0.5) is 4.79 Å². The average Bonchev–Trinajstić information content (AvgIpc) is 3.51. The Balaban J connectivity index is 1.18. The van der Waals surface area contributed by atoms with Gasteiger partial charge in [-0.3, -0.25) is 4.90 Å². The number of hydrogen-bond acceptors (Lipinski definition) is 5. The minimum Gasteiger partial charge on any atom is -0.450 e. The summed E-state index contributed by atoms with van der Waals surface area (Å²) >= 11 is 0. The Bertz CT molecular complexity index is 1080. The molecule has 6 rings (SSSR count).